The Bertz CT molecular complexity index is 720. The van der Waals surface area contributed by atoms with Gasteiger partial charge in [0.05, 0.1) is 6.61 Å². The van der Waals surface area contributed by atoms with Crippen molar-refractivity contribution in [1.29, 1.82) is 0 Å². The molecular formula is C45H86O5. The second kappa shape index (κ2) is 42.1. The van der Waals surface area contributed by atoms with Crippen LogP contribution in [0.2, 0.25) is 0 Å². The van der Waals surface area contributed by atoms with E-state index in [-0.39, 0.29) is 18.5 Å². The van der Waals surface area contributed by atoms with Crippen molar-refractivity contribution in [2.45, 2.75) is 245 Å². The largest absolute Gasteiger partial charge is 0.462 e. The maximum atomic E-state index is 12.6. The number of hydrogen-bond acceptors (Lipinski definition) is 5. The average Bonchev–Trinajstić information content (AvgIpc) is 3.11. The van der Waals surface area contributed by atoms with E-state index in [9.17, 15) is 9.59 Å². The number of ether oxygens (including phenoxy) is 3. The molecule has 0 fully saturated rings. The second-order valence-corrected chi connectivity index (χ2v) is 15.0. The highest BCUT2D eigenvalue weighted by Gasteiger charge is 2.17. The van der Waals surface area contributed by atoms with E-state index in [1.54, 1.807) is 0 Å². The Morgan fingerprint density at radius 2 is 0.780 bits per heavy atom. The van der Waals surface area contributed by atoms with Crippen LogP contribution in [0.1, 0.15) is 239 Å². The molecule has 0 heterocycles. The summed E-state index contributed by atoms with van der Waals surface area (Å²) in [5.41, 5.74) is 0. The third-order valence-electron chi connectivity index (χ3n) is 9.80. The van der Waals surface area contributed by atoms with Crippen LogP contribution in [0.5, 0.6) is 0 Å². The van der Waals surface area contributed by atoms with Crippen molar-refractivity contribution in [3.63, 3.8) is 0 Å². The summed E-state index contributed by atoms with van der Waals surface area (Å²) >= 11 is 0. The molecule has 0 aromatic carbocycles. The summed E-state index contributed by atoms with van der Waals surface area (Å²) < 4.78 is 17.2. The van der Waals surface area contributed by atoms with Gasteiger partial charge in [0.15, 0.2) is 6.10 Å². The topological polar surface area (TPSA) is 61.8 Å². The van der Waals surface area contributed by atoms with Gasteiger partial charge in [-0.3, -0.25) is 9.59 Å². The zero-order valence-corrected chi connectivity index (χ0v) is 33.9. The van der Waals surface area contributed by atoms with Gasteiger partial charge < -0.3 is 14.2 Å². The lowest BCUT2D eigenvalue weighted by molar-refractivity contribution is -0.163. The van der Waals surface area contributed by atoms with Gasteiger partial charge in [-0.1, -0.05) is 193 Å². The van der Waals surface area contributed by atoms with Crippen LogP contribution in [0.25, 0.3) is 0 Å². The number of rotatable bonds is 41. The fraction of sp³-hybridized carbons (Fsp3) is 0.911. The highest BCUT2D eigenvalue weighted by atomic mass is 16.6. The predicted molar refractivity (Wildman–Crippen MR) is 215 cm³/mol. The fourth-order valence-corrected chi connectivity index (χ4v) is 6.45. The van der Waals surface area contributed by atoms with E-state index in [2.05, 4.69) is 32.9 Å². The first-order valence-electron chi connectivity index (χ1n) is 22.2. The van der Waals surface area contributed by atoms with Crippen LogP contribution in [-0.2, 0) is 23.8 Å². The standard InChI is InChI=1S/C45H86O5/c1-4-7-10-13-16-19-21-22-23-24-26-27-29-32-35-38-44(46)49-42-43(41-48-40-37-34-31-18-15-12-9-6-3)50-45(47)39-36-33-30-28-25-20-17-14-11-8-5-2/h22-23,43H,4-21,24-42H2,1-3H3/b23-22-. The summed E-state index contributed by atoms with van der Waals surface area (Å²) in [6.07, 6.45) is 44.9. The molecule has 0 rings (SSSR count). The highest BCUT2D eigenvalue weighted by Crippen LogP contribution is 2.14. The molecular weight excluding hydrogens is 620 g/mol. The lowest BCUT2D eigenvalue weighted by Gasteiger charge is -2.18. The summed E-state index contributed by atoms with van der Waals surface area (Å²) in [6, 6.07) is 0. The van der Waals surface area contributed by atoms with E-state index in [1.807, 2.05) is 0 Å². The van der Waals surface area contributed by atoms with Gasteiger partial charge in [0.1, 0.15) is 6.61 Å². The third kappa shape index (κ3) is 39.4. The summed E-state index contributed by atoms with van der Waals surface area (Å²) in [5.74, 6) is -0.396. The zero-order chi connectivity index (χ0) is 36.4. The molecule has 1 unspecified atom stereocenters. The number of esters is 2. The van der Waals surface area contributed by atoms with Crippen molar-refractivity contribution in [3.8, 4) is 0 Å². The molecule has 5 heteroatoms. The van der Waals surface area contributed by atoms with Crippen LogP contribution in [0.3, 0.4) is 0 Å². The fourth-order valence-electron chi connectivity index (χ4n) is 6.45. The molecule has 5 nitrogen and oxygen atoms in total. The number of carbonyl (C=O) groups is 2. The van der Waals surface area contributed by atoms with E-state index < -0.39 is 6.10 Å². The van der Waals surface area contributed by atoms with Crippen LogP contribution in [0.15, 0.2) is 12.2 Å². The summed E-state index contributed by atoms with van der Waals surface area (Å²) in [4.78, 5) is 25.1. The van der Waals surface area contributed by atoms with Gasteiger partial charge in [0.2, 0.25) is 0 Å². The highest BCUT2D eigenvalue weighted by molar-refractivity contribution is 5.70. The van der Waals surface area contributed by atoms with Gasteiger partial charge in [0, 0.05) is 19.4 Å². The molecule has 296 valence electrons. The molecule has 0 N–H and O–H groups in total. The van der Waals surface area contributed by atoms with Gasteiger partial charge in [-0.2, -0.15) is 0 Å². The van der Waals surface area contributed by atoms with Gasteiger partial charge in [-0.05, 0) is 44.9 Å². The molecule has 0 aliphatic rings. The summed E-state index contributed by atoms with van der Waals surface area (Å²) in [6.45, 7) is 7.82. The average molecular weight is 707 g/mol. The van der Waals surface area contributed by atoms with Crippen molar-refractivity contribution >= 4 is 11.9 Å². The number of unbranched alkanes of at least 4 members (excludes halogenated alkanes) is 28. The van der Waals surface area contributed by atoms with E-state index in [1.165, 1.54) is 167 Å². The summed E-state index contributed by atoms with van der Waals surface area (Å²) in [7, 11) is 0. The van der Waals surface area contributed by atoms with Crippen molar-refractivity contribution in [2.24, 2.45) is 0 Å². The second-order valence-electron chi connectivity index (χ2n) is 15.0. The lowest BCUT2D eigenvalue weighted by Crippen LogP contribution is -2.30. The molecule has 0 spiro atoms. The maximum absolute atomic E-state index is 12.6. The molecule has 0 radical (unpaired) electrons. The molecule has 0 aromatic rings. The number of allylic oxidation sites excluding steroid dienone is 2. The Morgan fingerprint density at radius 1 is 0.420 bits per heavy atom. The van der Waals surface area contributed by atoms with Crippen LogP contribution < -0.4 is 0 Å². The van der Waals surface area contributed by atoms with Crippen molar-refractivity contribution in [1.82, 2.24) is 0 Å². The normalized spacial score (nSPS) is 12.1. The predicted octanol–water partition coefficient (Wildman–Crippen LogP) is 14.3. The first-order valence-corrected chi connectivity index (χ1v) is 22.2. The van der Waals surface area contributed by atoms with Crippen molar-refractivity contribution in [3.05, 3.63) is 12.2 Å². The zero-order valence-electron chi connectivity index (χ0n) is 33.9. The van der Waals surface area contributed by atoms with Crippen LogP contribution in [-0.4, -0.2) is 37.9 Å². The van der Waals surface area contributed by atoms with Crippen molar-refractivity contribution < 1.29 is 23.8 Å². The molecule has 0 amide bonds. The Balaban J connectivity index is 4.16. The molecule has 0 aliphatic heterocycles. The minimum atomic E-state index is -0.526. The maximum Gasteiger partial charge on any atom is 0.306 e. The van der Waals surface area contributed by atoms with Gasteiger partial charge in [-0.25, -0.2) is 0 Å². The molecule has 0 saturated heterocycles. The lowest BCUT2D eigenvalue weighted by atomic mass is 10.1. The van der Waals surface area contributed by atoms with E-state index in [4.69, 9.17) is 14.2 Å². The Morgan fingerprint density at radius 3 is 1.22 bits per heavy atom. The van der Waals surface area contributed by atoms with Crippen molar-refractivity contribution in [2.75, 3.05) is 19.8 Å². The first-order chi connectivity index (χ1) is 24.6. The Labute approximate surface area is 312 Å². The van der Waals surface area contributed by atoms with Crippen LogP contribution >= 0.6 is 0 Å². The van der Waals surface area contributed by atoms with Gasteiger partial charge >= 0.3 is 11.9 Å². The van der Waals surface area contributed by atoms with Gasteiger partial charge in [0.25, 0.3) is 0 Å². The van der Waals surface area contributed by atoms with E-state index in [0.717, 1.165) is 38.5 Å². The minimum Gasteiger partial charge on any atom is -0.462 e. The van der Waals surface area contributed by atoms with Gasteiger partial charge in [-0.15, -0.1) is 0 Å². The SMILES string of the molecule is CCCCCCCC/C=C\CCCCCCCC(=O)OCC(COCCCCCCCCCC)OC(=O)CCCCCCCCCCCCC. The molecule has 0 aliphatic carbocycles. The first kappa shape index (κ1) is 48.6. The molecule has 50 heavy (non-hydrogen) atoms. The summed E-state index contributed by atoms with van der Waals surface area (Å²) in [5, 5.41) is 0. The minimum absolute atomic E-state index is 0.0886. The van der Waals surface area contributed by atoms with Crippen LogP contribution in [0.4, 0.5) is 0 Å². The Kier molecular flexibility index (Phi) is 40.9. The number of carbonyl (C=O) groups excluding carboxylic acids is 2. The van der Waals surface area contributed by atoms with E-state index in [0.29, 0.717) is 26.1 Å². The third-order valence-corrected chi connectivity index (χ3v) is 9.80. The number of hydrogen-bond donors (Lipinski definition) is 0. The smallest absolute Gasteiger partial charge is 0.306 e. The van der Waals surface area contributed by atoms with E-state index >= 15 is 0 Å². The van der Waals surface area contributed by atoms with Crippen LogP contribution in [0, 0.1) is 0 Å². The Hall–Kier alpha value is -1.36. The molecule has 1 atom stereocenters. The molecule has 0 bridgehead atoms. The monoisotopic (exact) mass is 707 g/mol. The quantitative estimate of drug-likeness (QED) is 0.0360. The molecule has 0 saturated carbocycles. The molecule has 0 aromatic heterocycles.